The van der Waals surface area contributed by atoms with Gasteiger partial charge < -0.3 is 20.1 Å². The van der Waals surface area contributed by atoms with Gasteiger partial charge in [0.15, 0.2) is 0 Å². The number of halogens is 2. The van der Waals surface area contributed by atoms with Gasteiger partial charge in [-0.1, -0.05) is 65.7 Å². The summed E-state index contributed by atoms with van der Waals surface area (Å²) in [7, 11) is 0. The number of unbranched alkanes of at least 4 members (excludes halogenated alkanes) is 1. The number of anilines is 1. The molecule has 8 heteroatoms. The number of rotatable bonds is 11. The van der Waals surface area contributed by atoms with Crippen LogP contribution in [0.4, 0.5) is 14.9 Å². The maximum absolute atomic E-state index is 13.6. The minimum Gasteiger partial charge on any atom is -0.361 e. The highest BCUT2D eigenvalue weighted by Crippen LogP contribution is 2.20. The number of amides is 3. The molecule has 0 atom stereocenters. The minimum atomic E-state index is -0.319. The van der Waals surface area contributed by atoms with Gasteiger partial charge in [0.05, 0.1) is 0 Å². The Kier molecular flexibility index (Phi) is 9.54. The number of benzene rings is 3. The maximum atomic E-state index is 13.6. The molecule has 3 aromatic carbocycles. The van der Waals surface area contributed by atoms with Gasteiger partial charge in [0.25, 0.3) is 0 Å². The van der Waals surface area contributed by atoms with Crippen molar-refractivity contribution in [1.82, 2.24) is 14.8 Å². The molecule has 0 bridgehead atoms. The van der Waals surface area contributed by atoms with Gasteiger partial charge >= 0.3 is 6.03 Å². The van der Waals surface area contributed by atoms with E-state index < -0.39 is 0 Å². The molecular weight excluding hydrogens is 547 g/mol. The van der Waals surface area contributed by atoms with E-state index in [1.165, 1.54) is 12.1 Å². The van der Waals surface area contributed by atoms with Gasteiger partial charge in [0.2, 0.25) is 5.91 Å². The first-order valence-corrected chi connectivity index (χ1v) is 13.6. The Morgan fingerprint density at radius 2 is 1.76 bits per heavy atom. The summed E-state index contributed by atoms with van der Waals surface area (Å²) < 4.78 is 14.4. The van der Waals surface area contributed by atoms with E-state index in [4.69, 9.17) is 0 Å². The summed E-state index contributed by atoms with van der Waals surface area (Å²) in [6.45, 7) is 3.27. The molecule has 0 spiro atoms. The van der Waals surface area contributed by atoms with Crippen LogP contribution < -0.4 is 5.32 Å². The number of hydrogen-bond acceptors (Lipinski definition) is 2. The predicted octanol–water partition coefficient (Wildman–Crippen LogP) is 6.98. The number of urea groups is 1. The fourth-order valence-corrected chi connectivity index (χ4v) is 4.73. The molecule has 3 amide bonds. The van der Waals surface area contributed by atoms with Crippen molar-refractivity contribution in [2.45, 2.75) is 32.7 Å². The number of aromatic amines is 1. The molecule has 1 heterocycles. The van der Waals surface area contributed by atoms with E-state index >= 15 is 0 Å². The van der Waals surface area contributed by atoms with Crippen molar-refractivity contribution in [2.75, 3.05) is 25.0 Å². The second kappa shape index (κ2) is 13.2. The molecule has 0 fully saturated rings. The number of nitrogens with one attached hydrogen (secondary N) is 2. The first-order valence-electron chi connectivity index (χ1n) is 12.8. The van der Waals surface area contributed by atoms with Gasteiger partial charge in [0, 0.05) is 46.9 Å². The molecule has 0 saturated carbocycles. The van der Waals surface area contributed by atoms with Gasteiger partial charge in [-0.25, -0.2) is 9.18 Å². The second-order valence-corrected chi connectivity index (χ2v) is 10.2. The predicted molar refractivity (Wildman–Crippen MR) is 153 cm³/mol. The first kappa shape index (κ1) is 27.4. The Hall–Kier alpha value is -3.65. The topological polar surface area (TPSA) is 68.4 Å². The van der Waals surface area contributed by atoms with Crippen molar-refractivity contribution in [3.8, 4) is 0 Å². The number of aromatic nitrogens is 1. The molecule has 0 radical (unpaired) electrons. The van der Waals surface area contributed by atoms with Crippen molar-refractivity contribution >= 4 is 44.5 Å². The van der Waals surface area contributed by atoms with E-state index in [1.54, 1.807) is 21.9 Å². The molecule has 0 aliphatic carbocycles. The number of para-hydroxylation sites is 1. The van der Waals surface area contributed by atoms with Crippen molar-refractivity contribution in [3.05, 3.63) is 100 Å². The largest absolute Gasteiger partial charge is 0.361 e. The summed E-state index contributed by atoms with van der Waals surface area (Å²) in [6.07, 6.45) is 4.31. The van der Waals surface area contributed by atoms with Crippen molar-refractivity contribution in [1.29, 1.82) is 0 Å². The molecule has 0 aliphatic rings. The van der Waals surface area contributed by atoms with E-state index in [0.29, 0.717) is 31.7 Å². The molecule has 38 heavy (non-hydrogen) atoms. The smallest absolute Gasteiger partial charge is 0.322 e. The zero-order valence-electron chi connectivity index (χ0n) is 21.4. The van der Waals surface area contributed by atoms with E-state index in [9.17, 15) is 14.0 Å². The lowest BCUT2D eigenvalue weighted by Gasteiger charge is -2.28. The zero-order chi connectivity index (χ0) is 26.9. The highest BCUT2D eigenvalue weighted by atomic mass is 79.9. The average Bonchev–Trinajstić information content (AvgIpc) is 3.33. The zero-order valence-corrected chi connectivity index (χ0v) is 23.0. The molecule has 198 valence electrons. The molecule has 0 saturated heterocycles. The van der Waals surface area contributed by atoms with Gasteiger partial charge in [-0.2, -0.15) is 0 Å². The Bertz CT molecular complexity index is 1370. The van der Waals surface area contributed by atoms with Crippen LogP contribution in [-0.4, -0.2) is 46.4 Å². The standard InChI is InChI=1S/C30H32BrFN4O2/c1-2-3-16-36(30(38)34-26-8-6-7-24(31)18-26)21-29(37)35(20-22-11-13-25(32)14-12-22)17-15-23-19-33-28-10-5-4-9-27(23)28/h4-14,18-19,33H,2-3,15-17,20-21H2,1H3,(H,34,38). The lowest BCUT2D eigenvalue weighted by molar-refractivity contribution is -0.132. The highest BCUT2D eigenvalue weighted by Gasteiger charge is 2.22. The molecule has 4 aromatic rings. The second-order valence-electron chi connectivity index (χ2n) is 9.27. The van der Waals surface area contributed by atoms with Crippen LogP contribution in [0.2, 0.25) is 0 Å². The van der Waals surface area contributed by atoms with Crippen LogP contribution >= 0.6 is 15.9 Å². The number of nitrogens with zero attached hydrogens (tertiary/aromatic N) is 2. The van der Waals surface area contributed by atoms with E-state index in [1.807, 2.05) is 55.6 Å². The summed E-state index contributed by atoms with van der Waals surface area (Å²) in [4.78, 5) is 33.4. The quantitative estimate of drug-likeness (QED) is 0.202. The van der Waals surface area contributed by atoms with Crippen LogP contribution in [0, 0.1) is 5.82 Å². The third-order valence-electron chi connectivity index (χ3n) is 6.44. The van der Waals surface area contributed by atoms with Crippen LogP contribution in [0.15, 0.2) is 83.5 Å². The molecular formula is C30H32BrFN4O2. The normalized spacial score (nSPS) is 10.9. The first-order chi connectivity index (χ1) is 18.4. The van der Waals surface area contributed by atoms with Gasteiger partial charge in [0.1, 0.15) is 12.4 Å². The summed E-state index contributed by atoms with van der Waals surface area (Å²) in [5.74, 6) is -0.477. The van der Waals surface area contributed by atoms with Gasteiger partial charge in [-0.3, -0.25) is 4.79 Å². The number of carbonyl (C=O) groups is 2. The minimum absolute atomic E-state index is 0.0467. The molecule has 4 rings (SSSR count). The molecule has 1 aromatic heterocycles. The number of carbonyl (C=O) groups excluding carboxylic acids is 2. The lowest BCUT2D eigenvalue weighted by atomic mass is 10.1. The average molecular weight is 580 g/mol. The van der Waals surface area contributed by atoms with Crippen molar-refractivity contribution < 1.29 is 14.0 Å². The van der Waals surface area contributed by atoms with Crippen LogP contribution in [-0.2, 0) is 17.8 Å². The van der Waals surface area contributed by atoms with E-state index in [2.05, 4.69) is 32.3 Å². The fourth-order valence-electron chi connectivity index (χ4n) is 4.33. The fraction of sp³-hybridized carbons (Fsp3) is 0.267. The van der Waals surface area contributed by atoms with Gasteiger partial charge in [-0.05, 0) is 60.4 Å². The summed E-state index contributed by atoms with van der Waals surface area (Å²) in [5, 5.41) is 4.03. The summed E-state index contributed by atoms with van der Waals surface area (Å²) in [5.41, 5.74) is 3.65. The SMILES string of the molecule is CCCCN(CC(=O)N(CCc1c[nH]c2ccccc12)Cc1ccc(F)cc1)C(=O)Nc1cccc(Br)c1. The highest BCUT2D eigenvalue weighted by molar-refractivity contribution is 9.10. The molecule has 0 aliphatic heterocycles. The van der Waals surface area contributed by atoms with E-state index in [-0.39, 0.29) is 24.3 Å². The number of fused-ring (bicyclic) bond motifs is 1. The van der Waals surface area contributed by atoms with Crippen molar-refractivity contribution in [2.24, 2.45) is 0 Å². The Morgan fingerprint density at radius 3 is 2.53 bits per heavy atom. The monoisotopic (exact) mass is 578 g/mol. The number of H-pyrrole nitrogens is 1. The van der Waals surface area contributed by atoms with Gasteiger partial charge in [-0.15, -0.1) is 0 Å². The van der Waals surface area contributed by atoms with Crippen LogP contribution in [0.3, 0.4) is 0 Å². The third kappa shape index (κ3) is 7.44. The molecule has 6 nitrogen and oxygen atoms in total. The Morgan fingerprint density at radius 1 is 0.974 bits per heavy atom. The Labute approximate surface area is 231 Å². The maximum Gasteiger partial charge on any atom is 0.322 e. The Balaban J connectivity index is 1.50. The van der Waals surface area contributed by atoms with Crippen molar-refractivity contribution in [3.63, 3.8) is 0 Å². The van der Waals surface area contributed by atoms with E-state index in [0.717, 1.165) is 39.3 Å². The van der Waals surface area contributed by atoms with Crippen LogP contribution in [0.5, 0.6) is 0 Å². The molecule has 2 N–H and O–H groups in total. The lowest BCUT2D eigenvalue weighted by Crippen LogP contribution is -2.45. The summed E-state index contributed by atoms with van der Waals surface area (Å²) >= 11 is 3.42. The number of hydrogen-bond donors (Lipinski definition) is 2. The summed E-state index contributed by atoms with van der Waals surface area (Å²) in [6, 6.07) is 21.3. The van der Waals surface area contributed by atoms with Crippen LogP contribution in [0.25, 0.3) is 10.9 Å². The molecule has 0 unspecified atom stereocenters. The third-order valence-corrected chi connectivity index (χ3v) is 6.93. The van der Waals surface area contributed by atoms with Crippen LogP contribution in [0.1, 0.15) is 30.9 Å².